The molecule has 1 aromatic carbocycles. The van der Waals surface area contributed by atoms with Crippen molar-refractivity contribution in [3.05, 3.63) is 35.4 Å². The average Bonchev–Trinajstić information content (AvgIpc) is 2.18. The molecule has 15 heavy (non-hydrogen) atoms. The van der Waals surface area contributed by atoms with E-state index in [2.05, 4.69) is 0 Å². The minimum atomic E-state index is 0.0377. The van der Waals surface area contributed by atoms with Crippen LogP contribution in [0.1, 0.15) is 18.1 Å². The van der Waals surface area contributed by atoms with Crippen molar-refractivity contribution in [3.8, 4) is 0 Å². The lowest BCUT2D eigenvalue weighted by Crippen LogP contribution is -2.23. The number of hydrogen-bond donors (Lipinski definition) is 1. The summed E-state index contributed by atoms with van der Waals surface area (Å²) in [5, 5.41) is 0. The predicted molar refractivity (Wildman–Crippen MR) is 64.5 cm³/mol. The number of carbonyl (C=O) groups is 1. The third-order valence-electron chi connectivity index (χ3n) is 2.17. The molecular weight excluding hydrogens is 208 g/mol. The van der Waals surface area contributed by atoms with E-state index in [1.165, 1.54) is 6.92 Å². The molecular formula is C11H14N2OS. The van der Waals surface area contributed by atoms with Gasteiger partial charge in [0.05, 0.1) is 0 Å². The minimum Gasteiger partial charge on any atom is -0.389 e. The molecule has 0 spiro atoms. The molecule has 0 saturated heterocycles. The Morgan fingerprint density at radius 1 is 1.53 bits per heavy atom. The second kappa shape index (κ2) is 4.89. The summed E-state index contributed by atoms with van der Waals surface area (Å²) in [6, 6.07) is 7.60. The minimum absolute atomic E-state index is 0.0377. The van der Waals surface area contributed by atoms with Crippen molar-refractivity contribution < 1.29 is 4.79 Å². The van der Waals surface area contributed by atoms with E-state index in [4.69, 9.17) is 18.0 Å². The second-order valence-electron chi connectivity index (χ2n) is 3.44. The Morgan fingerprint density at radius 2 is 2.20 bits per heavy atom. The van der Waals surface area contributed by atoms with E-state index in [-0.39, 0.29) is 5.91 Å². The van der Waals surface area contributed by atoms with Crippen LogP contribution >= 0.6 is 12.2 Å². The number of amides is 1. The molecule has 0 saturated carbocycles. The van der Waals surface area contributed by atoms with Crippen molar-refractivity contribution in [2.75, 3.05) is 7.05 Å². The van der Waals surface area contributed by atoms with Gasteiger partial charge in [0.1, 0.15) is 4.99 Å². The zero-order valence-electron chi connectivity index (χ0n) is 8.86. The standard InChI is InChI=1S/C11H14N2OS/c1-8(14)13(2)7-9-4-3-5-10(6-9)11(12)15/h3-6H,7H2,1-2H3,(H2,12,15). The first-order chi connectivity index (χ1) is 7.00. The monoisotopic (exact) mass is 222 g/mol. The van der Waals surface area contributed by atoms with E-state index in [9.17, 15) is 4.79 Å². The lowest BCUT2D eigenvalue weighted by atomic mass is 10.1. The molecule has 0 heterocycles. The molecule has 0 unspecified atom stereocenters. The molecule has 2 N–H and O–H groups in total. The summed E-state index contributed by atoms with van der Waals surface area (Å²) in [6.07, 6.45) is 0. The number of nitrogens with zero attached hydrogens (tertiary/aromatic N) is 1. The molecule has 3 nitrogen and oxygen atoms in total. The Morgan fingerprint density at radius 3 is 2.73 bits per heavy atom. The number of thiocarbonyl (C=S) groups is 1. The average molecular weight is 222 g/mol. The van der Waals surface area contributed by atoms with E-state index in [1.807, 2.05) is 24.3 Å². The first-order valence-electron chi connectivity index (χ1n) is 4.61. The van der Waals surface area contributed by atoms with Crippen LogP contribution in [0.2, 0.25) is 0 Å². The zero-order valence-corrected chi connectivity index (χ0v) is 9.67. The van der Waals surface area contributed by atoms with Gasteiger partial charge in [-0.2, -0.15) is 0 Å². The highest BCUT2D eigenvalue weighted by Gasteiger charge is 2.04. The molecule has 0 aliphatic rings. The van der Waals surface area contributed by atoms with E-state index < -0.39 is 0 Å². The predicted octanol–water partition coefficient (Wildman–Crippen LogP) is 1.30. The Bertz CT molecular complexity index is 390. The SMILES string of the molecule is CC(=O)N(C)Cc1cccc(C(N)=S)c1. The summed E-state index contributed by atoms with van der Waals surface area (Å²) < 4.78 is 0. The number of benzene rings is 1. The van der Waals surface area contributed by atoms with Crippen LogP contribution in [-0.2, 0) is 11.3 Å². The van der Waals surface area contributed by atoms with Gasteiger partial charge < -0.3 is 10.6 Å². The van der Waals surface area contributed by atoms with Crippen LogP contribution in [0, 0.1) is 0 Å². The van der Waals surface area contributed by atoms with Crippen LogP contribution in [0.25, 0.3) is 0 Å². The van der Waals surface area contributed by atoms with Crippen LogP contribution in [0.3, 0.4) is 0 Å². The highest BCUT2D eigenvalue weighted by molar-refractivity contribution is 7.80. The third kappa shape index (κ3) is 3.32. The topological polar surface area (TPSA) is 46.3 Å². The summed E-state index contributed by atoms with van der Waals surface area (Å²) in [6.45, 7) is 2.11. The quantitative estimate of drug-likeness (QED) is 0.784. The second-order valence-corrected chi connectivity index (χ2v) is 3.88. The number of nitrogens with two attached hydrogens (primary N) is 1. The van der Waals surface area contributed by atoms with Gasteiger partial charge in [0.25, 0.3) is 0 Å². The molecule has 0 aromatic heterocycles. The van der Waals surface area contributed by atoms with Crippen LogP contribution in [0.4, 0.5) is 0 Å². The molecule has 1 aromatic rings. The number of carbonyl (C=O) groups excluding carboxylic acids is 1. The fourth-order valence-corrected chi connectivity index (χ4v) is 1.34. The largest absolute Gasteiger partial charge is 0.389 e. The highest BCUT2D eigenvalue weighted by Crippen LogP contribution is 2.07. The van der Waals surface area contributed by atoms with E-state index >= 15 is 0 Å². The van der Waals surface area contributed by atoms with E-state index in [0.29, 0.717) is 11.5 Å². The van der Waals surface area contributed by atoms with Crippen LogP contribution < -0.4 is 5.73 Å². The van der Waals surface area contributed by atoms with Gasteiger partial charge in [-0.3, -0.25) is 4.79 Å². The van der Waals surface area contributed by atoms with Gasteiger partial charge in [0.2, 0.25) is 5.91 Å². The van der Waals surface area contributed by atoms with Gasteiger partial charge in [0, 0.05) is 26.1 Å². The van der Waals surface area contributed by atoms with Crippen LogP contribution in [0.15, 0.2) is 24.3 Å². The summed E-state index contributed by atoms with van der Waals surface area (Å²) in [7, 11) is 1.76. The number of hydrogen-bond acceptors (Lipinski definition) is 2. The van der Waals surface area contributed by atoms with Gasteiger partial charge in [-0.05, 0) is 11.6 Å². The molecule has 0 aliphatic heterocycles. The van der Waals surface area contributed by atoms with Gasteiger partial charge in [-0.1, -0.05) is 30.4 Å². The normalized spacial score (nSPS) is 9.73. The molecule has 0 fully saturated rings. The molecule has 1 rings (SSSR count). The Kier molecular flexibility index (Phi) is 3.80. The molecule has 0 bridgehead atoms. The molecule has 1 amide bonds. The van der Waals surface area contributed by atoms with Gasteiger partial charge in [-0.25, -0.2) is 0 Å². The first kappa shape index (κ1) is 11.7. The lowest BCUT2D eigenvalue weighted by molar-refractivity contribution is -0.128. The van der Waals surface area contributed by atoms with Crippen molar-refractivity contribution in [1.82, 2.24) is 4.90 Å². The summed E-state index contributed by atoms with van der Waals surface area (Å²) in [4.78, 5) is 13.1. The highest BCUT2D eigenvalue weighted by atomic mass is 32.1. The smallest absolute Gasteiger partial charge is 0.219 e. The van der Waals surface area contributed by atoms with Crippen LogP contribution in [-0.4, -0.2) is 22.8 Å². The number of rotatable bonds is 3. The maximum Gasteiger partial charge on any atom is 0.219 e. The Balaban J connectivity index is 2.82. The third-order valence-corrected chi connectivity index (χ3v) is 2.40. The maximum absolute atomic E-state index is 11.0. The molecule has 0 aliphatic carbocycles. The summed E-state index contributed by atoms with van der Waals surface area (Å²) in [5.41, 5.74) is 7.38. The zero-order chi connectivity index (χ0) is 11.4. The van der Waals surface area contributed by atoms with Gasteiger partial charge in [0.15, 0.2) is 0 Å². The Labute approximate surface area is 94.9 Å². The molecule has 0 atom stereocenters. The molecule has 4 heteroatoms. The van der Waals surface area contributed by atoms with Gasteiger partial charge in [-0.15, -0.1) is 0 Å². The molecule has 0 radical (unpaired) electrons. The van der Waals surface area contributed by atoms with Crippen molar-refractivity contribution in [2.45, 2.75) is 13.5 Å². The first-order valence-corrected chi connectivity index (χ1v) is 5.02. The lowest BCUT2D eigenvalue weighted by Gasteiger charge is -2.15. The Hall–Kier alpha value is -1.42. The summed E-state index contributed by atoms with van der Waals surface area (Å²) >= 11 is 4.88. The van der Waals surface area contributed by atoms with Crippen LogP contribution in [0.5, 0.6) is 0 Å². The van der Waals surface area contributed by atoms with Gasteiger partial charge >= 0.3 is 0 Å². The maximum atomic E-state index is 11.0. The fraction of sp³-hybridized carbons (Fsp3) is 0.273. The fourth-order valence-electron chi connectivity index (χ4n) is 1.21. The summed E-state index contributed by atoms with van der Waals surface area (Å²) in [5.74, 6) is 0.0377. The van der Waals surface area contributed by atoms with E-state index in [0.717, 1.165) is 11.1 Å². The van der Waals surface area contributed by atoms with Crippen molar-refractivity contribution in [1.29, 1.82) is 0 Å². The molecule has 80 valence electrons. The van der Waals surface area contributed by atoms with Crippen molar-refractivity contribution in [2.24, 2.45) is 5.73 Å². The van der Waals surface area contributed by atoms with Crippen molar-refractivity contribution in [3.63, 3.8) is 0 Å². The van der Waals surface area contributed by atoms with E-state index in [1.54, 1.807) is 11.9 Å². The van der Waals surface area contributed by atoms with Crippen molar-refractivity contribution >= 4 is 23.1 Å².